The van der Waals surface area contributed by atoms with Crippen LogP contribution in [0.25, 0.3) is 0 Å². The molecule has 0 bridgehead atoms. The summed E-state index contributed by atoms with van der Waals surface area (Å²) in [5.41, 5.74) is 0.809. The van der Waals surface area contributed by atoms with E-state index in [9.17, 15) is 5.11 Å². The lowest BCUT2D eigenvalue weighted by Gasteiger charge is -2.08. The summed E-state index contributed by atoms with van der Waals surface area (Å²) < 4.78 is 0. The van der Waals surface area contributed by atoms with E-state index < -0.39 is 0 Å². The average Bonchev–Trinajstić information content (AvgIpc) is 2.08. The van der Waals surface area contributed by atoms with Crippen LogP contribution in [0.5, 0.6) is 11.5 Å². The summed E-state index contributed by atoms with van der Waals surface area (Å²) in [6, 6.07) is 4.65. The van der Waals surface area contributed by atoms with E-state index in [4.69, 9.17) is 5.11 Å². The van der Waals surface area contributed by atoms with Crippen LogP contribution in [0.4, 0.5) is 0 Å². The van der Waals surface area contributed by atoms with E-state index in [-0.39, 0.29) is 11.5 Å². The average molecular weight is 195 g/mol. The molecule has 3 nitrogen and oxygen atoms in total. The molecule has 1 aromatic carbocycles. The molecule has 0 atom stereocenters. The highest BCUT2D eigenvalue weighted by atomic mass is 16.3. The number of phenolic OH excluding ortho intramolecular Hbond substituents is 2. The third-order valence-corrected chi connectivity index (χ3v) is 1.94. The van der Waals surface area contributed by atoms with Crippen molar-refractivity contribution in [3.8, 4) is 11.5 Å². The van der Waals surface area contributed by atoms with Crippen molar-refractivity contribution in [3.05, 3.63) is 23.8 Å². The standard InChI is InChI=1S/C11H17NO2/c1-8(2)6-12-7-9-3-4-10(13)5-11(9)14/h3-5,8,12-14H,6-7H2,1-2H3. The molecule has 1 aromatic rings. The number of hydrogen-bond acceptors (Lipinski definition) is 3. The normalized spacial score (nSPS) is 10.8. The highest BCUT2D eigenvalue weighted by molar-refractivity contribution is 5.38. The first-order valence-electron chi connectivity index (χ1n) is 4.81. The minimum Gasteiger partial charge on any atom is -0.508 e. The molecule has 14 heavy (non-hydrogen) atoms. The second-order valence-electron chi connectivity index (χ2n) is 3.84. The topological polar surface area (TPSA) is 52.5 Å². The molecule has 3 heteroatoms. The molecule has 0 unspecified atom stereocenters. The van der Waals surface area contributed by atoms with E-state index in [1.807, 2.05) is 0 Å². The lowest BCUT2D eigenvalue weighted by atomic mass is 10.1. The molecule has 0 aliphatic carbocycles. The summed E-state index contributed by atoms with van der Waals surface area (Å²) in [6.45, 7) is 5.80. The van der Waals surface area contributed by atoms with Gasteiger partial charge in [0, 0.05) is 18.2 Å². The van der Waals surface area contributed by atoms with Gasteiger partial charge in [-0.15, -0.1) is 0 Å². The molecule has 0 spiro atoms. The molecule has 0 aromatic heterocycles. The quantitative estimate of drug-likeness (QED) is 0.687. The molecule has 78 valence electrons. The molecule has 0 fully saturated rings. The number of aromatic hydroxyl groups is 2. The maximum absolute atomic E-state index is 9.46. The van der Waals surface area contributed by atoms with Crippen LogP contribution in [-0.4, -0.2) is 16.8 Å². The first kappa shape index (κ1) is 10.9. The minimum atomic E-state index is 0.0927. The van der Waals surface area contributed by atoms with Crippen LogP contribution >= 0.6 is 0 Å². The number of rotatable bonds is 4. The Balaban J connectivity index is 2.51. The van der Waals surface area contributed by atoms with Gasteiger partial charge in [-0.1, -0.05) is 19.9 Å². The fraction of sp³-hybridized carbons (Fsp3) is 0.455. The lowest BCUT2D eigenvalue weighted by molar-refractivity contribution is 0.442. The van der Waals surface area contributed by atoms with Crippen LogP contribution in [0.2, 0.25) is 0 Å². The number of benzene rings is 1. The third kappa shape index (κ3) is 3.26. The molecule has 0 radical (unpaired) electrons. The van der Waals surface area contributed by atoms with Crippen LogP contribution in [0.3, 0.4) is 0 Å². The molecular formula is C11H17NO2. The maximum atomic E-state index is 9.46. The Morgan fingerprint density at radius 2 is 2.00 bits per heavy atom. The van der Waals surface area contributed by atoms with Gasteiger partial charge in [0.15, 0.2) is 0 Å². The van der Waals surface area contributed by atoms with Gasteiger partial charge in [-0.05, 0) is 18.5 Å². The molecule has 0 aliphatic rings. The van der Waals surface area contributed by atoms with Gasteiger partial charge >= 0.3 is 0 Å². The molecule has 0 heterocycles. The van der Waals surface area contributed by atoms with E-state index in [0.29, 0.717) is 12.5 Å². The smallest absolute Gasteiger partial charge is 0.123 e. The predicted molar refractivity (Wildman–Crippen MR) is 56.3 cm³/mol. The zero-order valence-electron chi connectivity index (χ0n) is 8.62. The van der Waals surface area contributed by atoms with Crippen LogP contribution in [0.1, 0.15) is 19.4 Å². The van der Waals surface area contributed by atoms with Crippen LogP contribution in [-0.2, 0) is 6.54 Å². The Labute approximate surface area is 84.4 Å². The van der Waals surface area contributed by atoms with Crippen molar-refractivity contribution in [1.82, 2.24) is 5.32 Å². The molecular weight excluding hydrogens is 178 g/mol. The van der Waals surface area contributed by atoms with Gasteiger partial charge in [0.25, 0.3) is 0 Å². The van der Waals surface area contributed by atoms with Crippen molar-refractivity contribution in [3.63, 3.8) is 0 Å². The highest BCUT2D eigenvalue weighted by Gasteiger charge is 2.01. The molecule has 0 aliphatic heterocycles. The van der Waals surface area contributed by atoms with Gasteiger partial charge in [0.2, 0.25) is 0 Å². The van der Waals surface area contributed by atoms with Crippen molar-refractivity contribution < 1.29 is 10.2 Å². The van der Waals surface area contributed by atoms with E-state index in [1.54, 1.807) is 12.1 Å². The van der Waals surface area contributed by atoms with Gasteiger partial charge in [-0.3, -0.25) is 0 Å². The van der Waals surface area contributed by atoms with E-state index in [2.05, 4.69) is 19.2 Å². The monoisotopic (exact) mass is 195 g/mol. The van der Waals surface area contributed by atoms with E-state index >= 15 is 0 Å². The maximum Gasteiger partial charge on any atom is 0.123 e. The number of phenols is 2. The second-order valence-corrected chi connectivity index (χ2v) is 3.84. The van der Waals surface area contributed by atoms with Crippen LogP contribution in [0, 0.1) is 5.92 Å². The van der Waals surface area contributed by atoms with Crippen LogP contribution in [0.15, 0.2) is 18.2 Å². The Bertz CT molecular complexity index is 297. The van der Waals surface area contributed by atoms with Crippen molar-refractivity contribution in [2.24, 2.45) is 5.92 Å². The summed E-state index contributed by atoms with van der Waals surface area (Å²) in [6.07, 6.45) is 0. The van der Waals surface area contributed by atoms with Gasteiger partial charge in [0.1, 0.15) is 11.5 Å². The Kier molecular flexibility index (Phi) is 3.77. The summed E-state index contributed by atoms with van der Waals surface area (Å²) in [5.74, 6) is 0.825. The second kappa shape index (κ2) is 4.86. The Morgan fingerprint density at radius 1 is 1.29 bits per heavy atom. The van der Waals surface area contributed by atoms with Crippen molar-refractivity contribution in [1.29, 1.82) is 0 Å². The van der Waals surface area contributed by atoms with Crippen LogP contribution < -0.4 is 5.32 Å². The van der Waals surface area contributed by atoms with Gasteiger partial charge in [0.05, 0.1) is 0 Å². The zero-order chi connectivity index (χ0) is 10.6. The number of nitrogens with one attached hydrogen (secondary N) is 1. The zero-order valence-corrected chi connectivity index (χ0v) is 8.62. The molecule has 1 rings (SSSR count). The molecule has 0 saturated heterocycles. The summed E-state index contributed by atoms with van der Waals surface area (Å²) in [4.78, 5) is 0. The largest absolute Gasteiger partial charge is 0.508 e. The minimum absolute atomic E-state index is 0.0927. The SMILES string of the molecule is CC(C)CNCc1ccc(O)cc1O. The van der Waals surface area contributed by atoms with Gasteiger partial charge < -0.3 is 15.5 Å². The fourth-order valence-electron chi connectivity index (χ4n) is 1.20. The van der Waals surface area contributed by atoms with Gasteiger partial charge in [-0.2, -0.15) is 0 Å². The highest BCUT2D eigenvalue weighted by Crippen LogP contribution is 2.22. The summed E-state index contributed by atoms with van der Waals surface area (Å²) in [5, 5.41) is 21.7. The third-order valence-electron chi connectivity index (χ3n) is 1.94. The fourth-order valence-corrected chi connectivity index (χ4v) is 1.20. The molecule has 0 amide bonds. The van der Waals surface area contributed by atoms with Gasteiger partial charge in [-0.25, -0.2) is 0 Å². The van der Waals surface area contributed by atoms with Crippen molar-refractivity contribution >= 4 is 0 Å². The Hall–Kier alpha value is -1.22. The van der Waals surface area contributed by atoms with E-state index in [1.165, 1.54) is 6.07 Å². The summed E-state index contributed by atoms with van der Waals surface area (Å²) >= 11 is 0. The molecule has 3 N–H and O–H groups in total. The predicted octanol–water partition coefficient (Wildman–Crippen LogP) is 1.84. The lowest BCUT2D eigenvalue weighted by Crippen LogP contribution is -2.18. The van der Waals surface area contributed by atoms with E-state index in [0.717, 1.165) is 12.1 Å². The number of hydrogen-bond donors (Lipinski definition) is 3. The summed E-state index contributed by atoms with van der Waals surface area (Å²) in [7, 11) is 0. The Morgan fingerprint density at radius 3 is 2.57 bits per heavy atom. The van der Waals surface area contributed by atoms with Crippen molar-refractivity contribution in [2.45, 2.75) is 20.4 Å². The molecule has 0 saturated carbocycles. The first-order chi connectivity index (χ1) is 6.59. The first-order valence-corrected chi connectivity index (χ1v) is 4.81. The van der Waals surface area contributed by atoms with Crippen molar-refractivity contribution in [2.75, 3.05) is 6.54 Å².